The van der Waals surface area contributed by atoms with Crippen molar-refractivity contribution < 1.29 is 14.3 Å². The summed E-state index contributed by atoms with van der Waals surface area (Å²) in [4.78, 5) is 19.7. The molecule has 0 aliphatic carbocycles. The molecule has 0 radical (unpaired) electrons. The Hall–Kier alpha value is -3.39. The number of methoxy groups -OCH3 is 2. The number of hydrogen-bond acceptors (Lipinski definition) is 6. The molecule has 0 bridgehead atoms. The van der Waals surface area contributed by atoms with Crippen molar-refractivity contribution in [2.75, 3.05) is 25.7 Å². The first kappa shape index (κ1) is 19.9. The molecule has 8 heteroatoms. The standard InChI is InChI=1S/C22H22N4O3S/c1-28-17-6-4-16(5-7-17)14-21(27)26(13-12-25-11-3-10-23-25)22-24-19-9-8-18(29-2)15-20(19)30-22/h3-11,15H,12-14H2,1-2H3. The maximum atomic E-state index is 13.2. The normalized spacial score (nSPS) is 10.9. The summed E-state index contributed by atoms with van der Waals surface area (Å²) in [5.41, 5.74) is 1.77. The zero-order chi connectivity index (χ0) is 20.9. The number of nitrogens with zero attached hydrogens (tertiary/aromatic N) is 4. The highest BCUT2D eigenvalue weighted by Crippen LogP contribution is 2.32. The van der Waals surface area contributed by atoms with Crippen LogP contribution < -0.4 is 14.4 Å². The molecule has 0 N–H and O–H groups in total. The Kier molecular flexibility index (Phi) is 5.94. The summed E-state index contributed by atoms with van der Waals surface area (Å²) in [5.74, 6) is 1.52. The second kappa shape index (κ2) is 8.96. The number of carbonyl (C=O) groups excluding carboxylic acids is 1. The lowest BCUT2D eigenvalue weighted by molar-refractivity contribution is -0.118. The zero-order valence-corrected chi connectivity index (χ0v) is 17.6. The number of carbonyl (C=O) groups is 1. The van der Waals surface area contributed by atoms with Crippen molar-refractivity contribution in [2.45, 2.75) is 13.0 Å². The topological polar surface area (TPSA) is 69.5 Å². The predicted octanol–water partition coefficient (Wildman–Crippen LogP) is 3.79. The molecule has 0 aliphatic rings. The number of aromatic nitrogens is 3. The smallest absolute Gasteiger partial charge is 0.233 e. The predicted molar refractivity (Wildman–Crippen MR) is 117 cm³/mol. The SMILES string of the molecule is COc1ccc(CC(=O)N(CCn2cccn2)c2nc3ccc(OC)cc3s2)cc1. The number of fused-ring (bicyclic) bond motifs is 1. The number of rotatable bonds is 8. The van der Waals surface area contributed by atoms with Crippen molar-refractivity contribution >= 4 is 32.6 Å². The van der Waals surface area contributed by atoms with Gasteiger partial charge in [0, 0.05) is 18.9 Å². The van der Waals surface area contributed by atoms with Crippen LogP contribution in [0.15, 0.2) is 60.9 Å². The molecule has 0 unspecified atom stereocenters. The third kappa shape index (κ3) is 4.44. The molecule has 30 heavy (non-hydrogen) atoms. The Labute approximate surface area is 178 Å². The Morgan fingerprint density at radius 1 is 1.10 bits per heavy atom. The van der Waals surface area contributed by atoms with Gasteiger partial charge >= 0.3 is 0 Å². The van der Waals surface area contributed by atoms with Crippen LogP contribution in [-0.4, -0.2) is 41.4 Å². The van der Waals surface area contributed by atoms with E-state index in [1.165, 1.54) is 11.3 Å². The highest BCUT2D eigenvalue weighted by atomic mass is 32.1. The first-order valence-electron chi connectivity index (χ1n) is 9.51. The molecule has 4 aromatic rings. The van der Waals surface area contributed by atoms with E-state index in [0.717, 1.165) is 27.3 Å². The van der Waals surface area contributed by atoms with Crippen molar-refractivity contribution in [1.82, 2.24) is 14.8 Å². The van der Waals surface area contributed by atoms with Crippen LogP contribution in [0.3, 0.4) is 0 Å². The van der Waals surface area contributed by atoms with E-state index < -0.39 is 0 Å². The number of benzene rings is 2. The molecule has 1 amide bonds. The summed E-state index contributed by atoms with van der Waals surface area (Å²) in [5, 5.41) is 4.91. The monoisotopic (exact) mass is 422 g/mol. The molecular weight excluding hydrogens is 400 g/mol. The fourth-order valence-electron chi connectivity index (χ4n) is 3.11. The fraction of sp³-hybridized carbons (Fsp3) is 0.227. The van der Waals surface area contributed by atoms with Gasteiger partial charge in [0.2, 0.25) is 5.91 Å². The van der Waals surface area contributed by atoms with E-state index in [0.29, 0.717) is 18.2 Å². The van der Waals surface area contributed by atoms with E-state index >= 15 is 0 Å². The van der Waals surface area contributed by atoms with E-state index in [4.69, 9.17) is 14.5 Å². The van der Waals surface area contributed by atoms with Gasteiger partial charge in [0.05, 0.1) is 37.4 Å². The van der Waals surface area contributed by atoms with Crippen LogP contribution in [0, 0.1) is 0 Å². The minimum absolute atomic E-state index is 0.0154. The van der Waals surface area contributed by atoms with Gasteiger partial charge in [0.15, 0.2) is 5.13 Å². The lowest BCUT2D eigenvalue weighted by Gasteiger charge is -2.20. The largest absolute Gasteiger partial charge is 0.497 e. The summed E-state index contributed by atoms with van der Waals surface area (Å²) < 4.78 is 13.3. The van der Waals surface area contributed by atoms with Crippen molar-refractivity contribution in [3.63, 3.8) is 0 Å². The van der Waals surface area contributed by atoms with E-state index in [2.05, 4.69) is 5.10 Å². The molecule has 2 aromatic heterocycles. The van der Waals surface area contributed by atoms with E-state index in [9.17, 15) is 4.79 Å². The van der Waals surface area contributed by atoms with Crippen molar-refractivity contribution in [1.29, 1.82) is 0 Å². The minimum Gasteiger partial charge on any atom is -0.497 e. The van der Waals surface area contributed by atoms with Gasteiger partial charge in [0.1, 0.15) is 11.5 Å². The first-order valence-corrected chi connectivity index (χ1v) is 10.3. The van der Waals surface area contributed by atoms with Gasteiger partial charge in [-0.2, -0.15) is 5.10 Å². The maximum absolute atomic E-state index is 13.2. The summed E-state index contributed by atoms with van der Waals surface area (Å²) in [6, 6.07) is 15.1. The lowest BCUT2D eigenvalue weighted by Crippen LogP contribution is -2.35. The van der Waals surface area contributed by atoms with Gasteiger partial charge in [0.25, 0.3) is 0 Å². The number of hydrogen-bond donors (Lipinski definition) is 0. The van der Waals surface area contributed by atoms with Gasteiger partial charge in [-0.05, 0) is 42.0 Å². The number of amides is 1. The molecule has 4 rings (SSSR count). The lowest BCUT2D eigenvalue weighted by atomic mass is 10.1. The van der Waals surface area contributed by atoms with Crippen LogP contribution in [0.1, 0.15) is 5.56 Å². The molecule has 2 aromatic carbocycles. The Balaban J connectivity index is 1.60. The highest BCUT2D eigenvalue weighted by molar-refractivity contribution is 7.22. The fourth-order valence-corrected chi connectivity index (χ4v) is 4.15. The summed E-state index contributed by atoms with van der Waals surface area (Å²) in [6.07, 6.45) is 3.89. The number of ether oxygens (including phenoxy) is 2. The summed E-state index contributed by atoms with van der Waals surface area (Å²) in [7, 11) is 3.26. The van der Waals surface area contributed by atoms with Crippen LogP contribution in [0.4, 0.5) is 5.13 Å². The third-order valence-electron chi connectivity index (χ3n) is 4.74. The second-order valence-corrected chi connectivity index (χ2v) is 7.68. The Morgan fingerprint density at radius 3 is 2.57 bits per heavy atom. The molecule has 154 valence electrons. The quantitative estimate of drug-likeness (QED) is 0.432. The third-order valence-corrected chi connectivity index (χ3v) is 5.78. The van der Waals surface area contributed by atoms with Crippen LogP contribution in [0.25, 0.3) is 10.2 Å². The second-order valence-electron chi connectivity index (χ2n) is 6.67. The van der Waals surface area contributed by atoms with E-state index in [1.807, 2.05) is 59.4 Å². The van der Waals surface area contributed by atoms with Crippen LogP contribution in [0.2, 0.25) is 0 Å². The molecule has 0 saturated carbocycles. The van der Waals surface area contributed by atoms with Crippen molar-refractivity contribution in [2.24, 2.45) is 0 Å². The average molecular weight is 423 g/mol. The average Bonchev–Trinajstić information content (AvgIpc) is 3.43. The number of thiazole rings is 1. The molecular formula is C22H22N4O3S. The number of anilines is 1. The maximum Gasteiger partial charge on any atom is 0.233 e. The van der Waals surface area contributed by atoms with Crippen molar-refractivity contribution in [3.8, 4) is 11.5 Å². The first-order chi connectivity index (χ1) is 14.7. The Bertz CT molecular complexity index is 1120. The Morgan fingerprint density at radius 2 is 1.87 bits per heavy atom. The van der Waals surface area contributed by atoms with Gasteiger partial charge in [-0.15, -0.1) is 0 Å². The molecule has 2 heterocycles. The molecule has 0 saturated heterocycles. The van der Waals surface area contributed by atoms with Crippen LogP contribution >= 0.6 is 11.3 Å². The van der Waals surface area contributed by atoms with Crippen molar-refractivity contribution in [3.05, 3.63) is 66.5 Å². The molecule has 0 spiro atoms. The van der Waals surface area contributed by atoms with E-state index in [-0.39, 0.29) is 12.3 Å². The molecule has 7 nitrogen and oxygen atoms in total. The van der Waals surface area contributed by atoms with Crippen LogP contribution in [0.5, 0.6) is 11.5 Å². The summed E-state index contributed by atoms with van der Waals surface area (Å²) >= 11 is 1.48. The molecule has 0 fully saturated rings. The van der Waals surface area contributed by atoms with Gasteiger partial charge < -0.3 is 9.47 Å². The minimum atomic E-state index is -0.0154. The summed E-state index contributed by atoms with van der Waals surface area (Å²) in [6.45, 7) is 1.06. The highest BCUT2D eigenvalue weighted by Gasteiger charge is 2.20. The van der Waals surface area contributed by atoms with E-state index in [1.54, 1.807) is 25.3 Å². The van der Waals surface area contributed by atoms with Crippen LogP contribution in [-0.2, 0) is 17.8 Å². The van der Waals surface area contributed by atoms with Gasteiger partial charge in [-0.1, -0.05) is 23.5 Å². The van der Waals surface area contributed by atoms with Gasteiger partial charge in [-0.25, -0.2) is 4.98 Å². The molecule has 0 atom stereocenters. The van der Waals surface area contributed by atoms with Gasteiger partial charge in [-0.3, -0.25) is 14.4 Å². The molecule has 0 aliphatic heterocycles. The zero-order valence-electron chi connectivity index (χ0n) is 16.8.